The lowest BCUT2D eigenvalue weighted by Gasteiger charge is -2.41. The van der Waals surface area contributed by atoms with Gasteiger partial charge in [-0.25, -0.2) is 37.8 Å². The lowest BCUT2D eigenvalue weighted by Crippen LogP contribution is -2.59. The van der Waals surface area contributed by atoms with Gasteiger partial charge in [0.2, 0.25) is 41.5 Å². The van der Waals surface area contributed by atoms with Crippen LogP contribution in [0.15, 0.2) is 184 Å². The van der Waals surface area contributed by atoms with Gasteiger partial charge in [-0.3, -0.25) is 24.1 Å². The van der Waals surface area contributed by atoms with Crippen molar-refractivity contribution < 1.29 is 70.4 Å². The summed E-state index contributed by atoms with van der Waals surface area (Å²) in [5, 5.41) is 27.6. The third-order valence-electron chi connectivity index (χ3n) is 19.1. The summed E-state index contributed by atoms with van der Waals surface area (Å²) in [6, 6.07) is 37.0. The first-order chi connectivity index (χ1) is 58.4. The van der Waals surface area contributed by atoms with Crippen molar-refractivity contribution in [3.63, 3.8) is 0 Å². The van der Waals surface area contributed by atoms with Crippen molar-refractivity contribution in [2.24, 2.45) is 0 Å². The number of amides is 5. The molecule has 0 radical (unpaired) electrons. The van der Waals surface area contributed by atoms with Crippen LogP contribution in [0.5, 0.6) is 17.2 Å². The van der Waals surface area contributed by atoms with Gasteiger partial charge in [-0.15, -0.1) is 0 Å². The number of carbonyl (C=O) groups excluding carboxylic acids is 7. The van der Waals surface area contributed by atoms with E-state index in [2.05, 4.69) is 97.5 Å². The molecule has 3 aliphatic heterocycles. The summed E-state index contributed by atoms with van der Waals surface area (Å²) in [5.41, 5.74) is 10.3. The summed E-state index contributed by atoms with van der Waals surface area (Å²) in [6.45, 7) is 26.0. The molecule has 6 aromatic carbocycles. The van der Waals surface area contributed by atoms with E-state index in [1.807, 2.05) is 126 Å². The monoisotopic (exact) mass is 1680 g/mol. The van der Waals surface area contributed by atoms with Crippen LogP contribution < -0.4 is 76.8 Å². The summed E-state index contributed by atoms with van der Waals surface area (Å²) >= 11 is 0. The number of hydrogen-bond acceptors (Lipinski definition) is 30. The average Bonchev–Trinajstić information content (AvgIpc) is 0.809. The first kappa shape index (κ1) is 89.8. The molecule has 6 heterocycles. The number of esters is 2. The quantitative estimate of drug-likeness (QED) is 0.0138. The summed E-state index contributed by atoms with van der Waals surface area (Å²) < 4.78 is 55.9. The van der Waals surface area contributed by atoms with Gasteiger partial charge in [0.15, 0.2) is 15.9 Å². The first-order valence-electron chi connectivity index (χ1n) is 38.5. The van der Waals surface area contributed by atoms with Crippen LogP contribution in [0, 0.1) is 20.8 Å². The van der Waals surface area contributed by atoms with E-state index >= 15 is 0 Å². The van der Waals surface area contributed by atoms with Gasteiger partial charge in [-0.1, -0.05) is 37.9 Å². The summed E-state index contributed by atoms with van der Waals surface area (Å²) in [4.78, 5) is 121. The molecule has 640 valence electrons. The maximum absolute atomic E-state index is 12.8. The lowest BCUT2D eigenvalue weighted by molar-refractivity contribution is -0.152. The number of nitrogens with zero attached hydrogens (tertiary/aromatic N) is 11. The summed E-state index contributed by atoms with van der Waals surface area (Å²) in [7, 11) is 4.36. The third-order valence-corrected chi connectivity index (χ3v) is 20.7. The Morgan fingerprint density at radius 1 is 0.434 bits per heavy atom. The molecular formula is C86H100N20O15S. The third kappa shape index (κ3) is 24.5. The molecule has 122 heavy (non-hydrogen) atoms. The Labute approximate surface area is 707 Å². The second-order valence-electron chi connectivity index (χ2n) is 28.9. The fourth-order valence-corrected chi connectivity index (χ4v) is 14.0. The molecule has 0 saturated carbocycles. The molecule has 5 amide bonds. The molecule has 3 aliphatic rings. The minimum atomic E-state index is -2.96. The molecule has 12 rings (SSSR count). The van der Waals surface area contributed by atoms with Crippen LogP contribution in [-0.4, -0.2) is 207 Å². The van der Waals surface area contributed by atoms with Crippen LogP contribution in [0.4, 0.5) is 108 Å². The highest BCUT2D eigenvalue weighted by atomic mass is 32.2. The summed E-state index contributed by atoms with van der Waals surface area (Å²) in [5.74, 6) is 2.74. The smallest absolute Gasteiger partial charge is 0.411 e. The predicted molar refractivity (Wildman–Crippen MR) is 472 cm³/mol. The number of hydrogen-bond donors (Lipinski definition) is 9. The van der Waals surface area contributed by atoms with Crippen molar-refractivity contribution in [1.82, 2.24) is 39.7 Å². The zero-order valence-electron chi connectivity index (χ0n) is 69.9. The van der Waals surface area contributed by atoms with Gasteiger partial charge in [-0.2, -0.15) is 15.0 Å². The van der Waals surface area contributed by atoms with E-state index in [1.165, 1.54) is 49.2 Å². The number of ether oxygens (including phenoxy) is 6. The Morgan fingerprint density at radius 3 is 1.08 bits per heavy atom. The van der Waals surface area contributed by atoms with Crippen molar-refractivity contribution in [3.05, 3.63) is 201 Å². The molecule has 2 atom stereocenters. The highest BCUT2D eigenvalue weighted by molar-refractivity contribution is 7.91. The molecule has 0 unspecified atom stereocenters. The molecular weight excluding hydrogens is 1590 g/mol. The topological polar surface area (TPSA) is 411 Å². The highest BCUT2D eigenvalue weighted by Gasteiger charge is 2.40. The van der Waals surface area contributed by atoms with Crippen LogP contribution in [0.1, 0.15) is 44.4 Å². The minimum absolute atomic E-state index is 0.145. The molecule has 0 spiro atoms. The lowest BCUT2D eigenvalue weighted by atomic mass is 10.1. The molecule has 3 saturated heterocycles. The van der Waals surface area contributed by atoms with Crippen molar-refractivity contribution >= 4 is 155 Å². The highest BCUT2D eigenvalue weighted by Crippen LogP contribution is 2.38. The van der Waals surface area contributed by atoms with Crippen molar-refractivity contribution in [1.29, 1.82) is 0 Å². The number of piperazine rings is 2. The van der Waals surface area contributed by atoms with E-state index in [0.717, 1.165) is 50.8 Å². The van der Waals surface area contributed by atoms with Crippen LogP contribution in [-0.2, 0) is 52.8 Å². The number of carbonyl (C=O) groups is 7. The molecule has 3 aromatic heterocycles. The number of anilines is 18. The number of aryl methyl sites for hydroxylation is 3. The Balaban J connectivity index is 0.000000193. The van der Waals surface area contributed by atoms with E-state index in [4.69, 9.17) is 28.4 Å². The number of methoxy groups -OCH3 is 5. The predicted octanol–water partition coefficient (Wildman–Crippen LogP) is 12.3. The van der Waals surface area contributed by atoms with Crippen molar-refractivity contribution in [2.75, 3.05) is 162 Å². The second-order valence-corrected chi connectivity index (χ2v) is 31.2. The van der Waals surface area contributed by atoms with Gasteiger partial charge >= 0.3 is 18.0 Å². The van der Waals surface area contributed by atoms with Gasteiger partial charge in [0.05, 0.1) is 64.1 Å². The molecule has 0 aliphatic carbocycles. The Bertz CT molecular complexity index is 5460. The second kappa shape index (κ2) is 41.2. The maximum atomic E-state index is 12.8. The Kier molecular flexibility index (Phi) is 30.3. The normalized spacial score (nSPS) is 14.6. The van der Waals surface area contributed by atoms with Gasteiger partial charge in [0.1, 0.15) is 46.3 Å². The van der Waals surface area contributed by atoms with Crippen LogP contribution in [0.25, 0.3) is 0 Å². The maximum Gasteiger partial charge on any atom is 0.411 e. The van der Waals surface area contributed by atoms with Gasteiger partial charge < -0.3 is 95.9 Å². The number of rotatable bonds is 26. The van der Waals surface area contributed by atoms with Gasteiger partial charge in [0.25, 0.3) is 0 Å². The molecule has 9 aromatic rings. The molecule has 35 nitrogen and oxygen atoms in total. The van der Waals surface area contributed by atoms with Crippen molar-refractivity contribution in [3.8, 4) is 17.2 Å². The van der Waals surface area contributed by atoms with E-state index < -0.39 is 45.6 Å². The first-order valence-corrected chi connectivity index (χ1v) is 40.4. The number of benzene rings is 6. The van der Waals surface area contributed by atoms with Crippen LogP contribution in [0.3, 0.4) is 0 Å². The van der Waals surface area contributed by atoms with Gasteiger partial charge in [0, 0.05) is 164 Å². The number of aromatic nitrogens is 6. The molecule has 0 bridgehead atoms. The van der Waals surface area contributed by atoms with Crippen molar-refractivity contribution in [2.45, 2.75) is 66.2 Å². The molecule has 3 fully saturated rings. The SMILES string of the molecule is C=CC(=O)Nc1cccc(Nc2nc(Nc3ccc(N4CCN(C(=O)OC(C)(C)C)[C@H](C(=O)OC)C4)cc3OC)ncc2C)c1.C=CC(=O)Nc1cccc(Nc2nc(Nc3ccc(N4CCN(C(C)=O)[C@H](C(=O)OC)C4)cc3OC)ncc2C)c1.C=CC(=O)Nc1cccc(Nc2nc(Nc3ccc(N4CCS(=O)(=O)CC4)cc3OC)ncc2C)c1. The summed E-state index contributed by atoms with van der Waals surface area (Å²) in [6.07, 6.45) is 8.16. The minimum Gasteiger partial charge on any atom is -0.494 e. The molecule has 9 N–H and O–H groups in total. The fraction of sp³-hybridized carbons (Fsp3) is 0.291. The standard InChI is InChI=1S/C32H39N7O6.C29H33N7O5.C25H28N6O4S/c1-8-27(40)34-21-10-9-11-22(16-21)35-28-20(2)18-33-30(37-28)36-24-13-12-23(17-26(24)43-6)38-14-15-39(25(19-38)29(41)44-7)31(42)45-32(3,4)5;1-6-26(38)31-20-8-7-9-21(14-20)32-27-18(2)16-30-29(34-27)33-23-11-10-22(15-25(23)40-4)35-12-13-36(19(3)37)24(17-35)28(39)41-5;1-4-23(32)27-18-6-5-7-19(14-18)28-24-17(2)16-26-25(30-24)29-21-9-8-20(15-22(21)35-3)31-10-12-36(33,34)13-11-31/h8-13,16-18,25H,1,14-15,19H2,2-7H3,(H,34,40)(H2,33,35,36,37);6-11,14-16,24H,1,12-13,17H2,2-5H3,(H,31,38)(H2,30,32,33,34);4-9,14-16H,1,10-13H2,2-3H3,(H,27,32)(H2,26,28,29,30)/t25-;24-;/m00./s1. The fourth-order valence-electron chi connectivity index (χ4n) is 12.8. The van der Waals surface area contributed by atoms with E-state index in [1.54, 1.807) is 97.1 Å². The Morgan fingerprint density at radius 2 is 0.762 bits per heavy atom. The average molecular weight is 1690 g/mol. The van der Waals surface area contributed by atoms with E-state index in [0.29, 0.717) is 126 Å². The Hall–Kier alpha value is -14.6. The van der Waals surface area contributed by atoms with Crippen LogP contribution >= 0.6 is 0 Å². The van der Waals surface area contributed by atoms with Gasteiger partial charge in [-0.05, 0) is 151 Å². The molecule has 36 heteroatoms. The number of nitrogens with one attached hydrogen (secondary N) is 9. The van der Waals surface area contributed by atoms with Crippen LogP contribution in [0.2, 0.25) is 0 Å². The zero-order chi connectivity index (χ0) is 88.0. The van der Waals surface area contributed by atoms with E-state index in [9.17, 15) is 42.0 Å². The van der Waals surface area contributed by atoms with E-state index in [-0.39, 0.29) is 48.2 Å². The zero-order valence-corrected chi connectivity index (χ0v) is 70.7. The largest absolute Gasteiger partial charge is 0.494 e. The number of sulfone groups is 1.